The minimum Gasteiger partial charge on any atom is -0.193 e. The predicted octanol–water partition coefficient (Wildman–Crippen LogP) is 5.60. The molecular weight excluding hydrogens is 254 g/mol. The Morgan fingerprint density at radius 2 is 1.67 bits per heavy atom. The van der Waals surface area contributed by atoms with Gasteiger partial charge in [-0.05, 0) is 51.9 Å². The van der Waals surface area contributed by atoms with Crippen molar-refractivity contribution >= 4 is 5.57 Å². The van der Waals surface area contributed by atoms with Gasteiger partial charge in [0.05, 0.1) is 6.07 Å². The van der Waals surface area contributed by atoms with Crippen LogP contribution in [0.4, 0.5) is 0 Å². The molecule has 0 amide bonds. The Balaban J connectivity index is 2.62. The molecule has 0 aromatic heterocycles. The van der Waals surface area contributed by atoms with E-state index >= 15 is 0 Å². The first-order chi connectivity index (χ1) is 9.69. The van der Waals surface area contributed by atoms with Gasteiger partial charge in [-0.3, -0.25) is 0 Å². The number of hydrogen-bond donors (Lipinski definition) is 0. The largest absolute Gasteiger partial charge is 0.193 e. The van der Waals surface area contributed by atoms with E-state index in [0.29, 0.717) is 5.92 Å². The zero-order chi connectivity index (χ0) is 15.8. The van der Waals surface area contributed by atoms with Crippen LogP contribution in [0, 0.1) is 17.2 Å². The quantitative estimate of drug-likeness (QED) is 0.647. The third-order valence-electron chi connectivity index (χ3n) is 5.03. The van der Waals surface area contributed by atoms with E-state index in [1.165, 1.54) is 29.5 Å². The van der Waals surface area contributed by atoms with Gasteiger partial charge in [0, 0.05) is 6.08 Å². The van der Waals surface area contributed by atoms with Crippen molar-refractivity contribution in [2.75, 3.05) is 0 Å². The van der Waals surface area contributed by atoms with Crippen LogP contribution < -0.4 is 0 Å². The van der Waals surface area contributed by atoms with Gasteiger partial charge < -0.3 is 0 Å². The maximum absolute atomic E-state index is 9.04. The maximum Gasteiger partial charge on any atom is 0.0915 e. The number of fused-ring (bicyclic) bond motifs is 1. The van der Waals surface area contributed by atoms with Gasteiger partial charge in [-0.1, -0.05) is 59.7 Å². The number of nitrogens with zero attached hydrogens (tertiary/aromatic N) is 1. The highest BCUT2D eigenvalue weighted by Gasteiger charge is 2.37. The molecule has 2 rings (SSSR count). The van der Waals surface area contributed by atoms with Crippen LogP contribution in [0.5, 0.6) is 0 Å². The van der Waals surface area contributed by atoms with Gasteiger partial charge >= 0.3 is 0 Å². The van der Waals surface area contributed by atoms with Crippen LogP contribution >= 0.6 is 0 Å². The second-order valence-corrected chi connectivity index (χ2v) is 7.91. The Bertz CT molecular complexity index is 609. The van der Waals surface area contributed by atoms with Gasteiger partial charge in [-0.2, -0.15) is 5.26 Å². The predicted molar refractivity (Wildman–Crippen MR) is 90.2 cm³/mol. The van der Waals surface area contributed by atoms with Crippen molar-refractivity contribution in [3.8, 4) is 6.07 Å². The Kier molecular flexibility index (Phi) is 4.02. The summed E-state index contributed by atoms with van der Waals surface area (Å²) in [6.07, 6.45) is 4.15. The van der Waals surface area contributed by atoms with Crippen molar-refractivity contribution in [1.82, 2.24) is 0 Å². The fraction of sp³-hybridized carbons (Fsp3) is 0.550. The molecule has 0 radical (unpaired) electrons. The summed E-state index contributed by atoms with van der Waals surface area (Å²) >= 11 is 0. The topological polar surface area (TPSA) is 23.8 Å². The molecule has 1 aromatic rings. The third kappa shape index (κ3) is 2.91. The molecule has 0 fully saturated rings. The van der Waals surface area contributed by atoms with Crippen molar-refractivity contribution in [2.24, 2.45) is 5.92 Å². The van der Waals surface area contributed by atoms with Crippen molar-refractivity contribution in [1.29, 1.82) is 5.26 Å². The molecule has 0 bridgehead atoms. The highest BCUT2D eigenvalue weighted by Crippen LogP contribution is 2.46. The Morgan fingerprint density at radius 3 is 2.19 bits per heavy atom. The van der Waals surface area contributed by atoms with E-state index in [9.17, 15) is 0 Å². The molecule has 0 aliphatic heterocycles. The second-order valence-electron chi connectivity index (χ2n) is 7.91. The summed E-state index contributed by atoms with van der Waals surface area (Å²) in [4.78, 5) is 0. The summed E-state index contributed by atoms with van der Waals surface area (Å²) in [5.41, 5.74) is 5.74. The van der Waals surface area contributed by atoms with Crippen molar-refractivity contribution in [3.05, 3.63) is 41.0 Å². The second kappa shape index (κ2) is 5.34. The highest BCUT2D eigenvalue weighted by atomic mass is 14.4. The lowest BCUT2D eigenvalue weighted by Gasteiger charge is -2.42. The molecule has 21 heavy (non-hydrogen) atoms. The molecule has 1 heteroatoms. The standard InChI is InChI=1S/C20H27N/c1-14(2)16(9-12-21)15-7-8-17-18(13-15)20(5,6)11-10-19(17,3)4/h7-9,13-14H,10-11H2,1-6H3/b16-9-. The number of benzene rings is 1. The zero-order valence-corrected chi connectivity index (χ0v) is 14.2. The molecule has 0 atom stereocenters. The summed E-state index contributed by atoms with van der Waals surface area (Å²) in [5, 5.41) is 9.04. The summed E-state index contributed by atoms with van der Waals surface area (Å²) in [7, 11) is 0. The molecule has 0 N–H and O–H groups in total. The fourth-order valence-electron chi connectivity index (χ4n) is 3.42. The highest BCUT2D eigenvalue weighted by molar-refractivity contribution is 5.70. The van der Waals surface area contributed by atoms with Crippen molar-refractivity contribution in [3.63, 3.8) is 0 Å². The first kappa shape index (κ1) is 15.8. The van der Waals surface area contributed by atoms with Gasteiger partial charge in [-0.15, -0.1) is 0 Å². The normalized spacial score (nSPS) is 20.0. The maximum atomic E-state index is 9.04. The molecule has 0 heterocycles. The van der Waals surface area contributed by atoms with Crippen LogP contribution in [0.15, 0.2) is 24.3 Å². The van der Waals surface area contributed by atoms with Gasteiger partial charge in [0.25, 0.3) is 0 Å². The number of allylic oxidation sites excluding steroid dienone is 2. The minimum atomic E-state index is 0.218. The molecule has 0 saturated heterocycles. The van der Waals surface area contributed by atoms with E-state index in [2.05, 4.69) is 65.8 Å². The summed E-state index contributed by atoms with van der Waals surface area (Å²) in [6.45, 7) is 13.7. The molecule has 112 valence electrons. The summed E-state index contributed by atoms with van der Waals surface area (Å²) in [6, 6.07) is 9.03. The van der Waals surface area contributed by atoms with Crippen LogP contribution in [0.1, 0.15) is 71.1 Å². The van der Waals surface area contributed by atoms with Gasteiger partial charge in [0.2, 0.25) is 0 Å². The Labute approximate surface area is 129 Å². The lowest BCUT2D eigenvalue weighted by atomic mass is 9.63. The fourth-order valence-corrected chi connectivity index (χ4v) is 3.42. The molecule has 0 spiro atoms. The third-order valence-corrected chi connectivity index (χ3v) is 5.03. The minimum absolute atomic E-state index is 0.218. The number of hydrogen-bond acceptors (Lipinski definition) is 1. The molecule has 1 aromatic carbocycles. The van der Waals surface area contributed by atoms with Crippen LogP contribution in [-0.2, 0) is 10.8 Å². The molecule has 1 aliphatic rings. The Morgan fingerprint density at radius 1 is 1.10 bits per heavy atom. The number of nitriles is 1. The lowest BCUT2D eigenvalue weighted by molar-refractivity contribution is 0.332. The lowest BCUT2D eigenvalue weighted by Crippen LogP contribution is -2.33. The average Bonchev–Trinajstić information content (AvgIpc) is 2.41. The number of rotatable bonds is 2. The van der Waals surface area contributed by atoms with Crippen LogP contribution in [-0.4, -0.2) is 0 Å². The Hall–Kier alpha value is -1.55. The van der Waals surface area contributed by atoms with Crippen LogP contribution in [0.3, 0.4) is 0 Å². The van der Waals surface area contributed by atoms with E-state index < -0.39 is 0 Å². The van der Waals surface area contributed by atoms with Crippen LogP contribution in [0.25, 0.3) is 5.57 Å². The zero-order valence-electron chi connectivity index (χ0n) is 14.2. The van der Waals surface area contributed by atoms with E-state index in [4.69, 9.17) is 5.26 Å². The van der Waals surface area contributed by atoms with Crippen molar-refractivity contribution in [2.45, 2.75) is 65.2 Å². The molecule has 1 nitrogen and oxygen atoms in total. The molecular formula is C20H27N. The smallest absolute Gasteiger partial charge is 0.0915 e. The van der Waals surface area contributed by atoms with Gasteiger partial charge in [-0.25, -0.2) is 0 Å². The van der Waals surface area contributed by atoms with E-state index in [1.54, 1.807) is 6.08 Å². The summed E-state index contributed by atoms with van der Waals surface area (Å²) < 4.78 is 0. The molecule has 0 unspecified atom stereocenters. The van der Waals surface area contributed by atoms with E-state index in [-0.39, 0.29) is 10.8 Å². The SMILES string of the molecule is CC(C)/C(=C/C#N)c1ccc2c(c1)C(C)(C)CCC2(C)C. The first-order valence-corrected chi connectivity index (χ1v) is 7.94. The van der Waals surface area contributed by atoms with E-state index in [1.807, 2.05) is 0 Å². The van der Waals surface area contributed by atoms with E-state index in [0.717, 1.165) is 5.57 Å². The molecule has 0 saturated carbocycles. The van der Waals surface area contributed by atoms with Crippen molar-refractivity contribution < 1.29 is 0 Å². The first-order valence-electron chi connectivity index (χ1n) is 7.94. The van der Waals surface area contributed by atoms with Gasteiger partial charge in [0.1, 0.15) is 0 Å². The average molecular weight is 281 g/mol. The molecule has 1 aliphatic carbocycles. The van der Waals surface area contributed by atoms with Gasteiger partial charge in [0.15, 0.2) is 0 Å². The van der Waals surface area contributed by atoms with Crippen LogP contribution in [0.2, 0.25) is 0 Å². The monoisotopic (exact) mass is 281 g/mol. The summed E-state index contributed by atoms with van der Waals surface area (Å²) in [5.74, 6) is 0.363.